The van der Waals surface area contributed by atoms with Crippen LogP contribution < -0.4 is 5.73 Å². The van der Waals surface area contributed by atoms with Crippen LogP contribution in [0.5, 0.6) is 0 Å². The van der Waals surface area contributed by atoms with Gasteiger partial charge in [-0.2, -0.15) is 0 Å². The molecule has 1 fully saturated rings. The van der Waals surface area contributed by atoms with E-state index in [9.17, 15) is 0 Å². The van der Waals surface area contributed by atoms with E-state index < -0.39 is 0 Å². The Morgan fingerprint density at radius 3 is 2.69 bits per heavy atom. The van der Waals surface area contributed by atoms with Gasteiger partial charge in [-0.1, -0.05) is 0 Å². The molecule has 0 aromatic heterocycles. The van der Waals surface area contributed by atoms with Crippen molar-refractivity contribution in [3.05, 3.63) is 0 Å². The number of nitrogens with two attached hydrogens (primary N) is 1. The van der Waals surface area contributed by atoms with Crippen LogP contribution in [-0.2, 0) is 14.2 Å². The van der Waals surface area contributed by atoms with E-state index >= 15 is 0 Å². The third-order valence-electron chi connectivity index (χ3n) is 3.32. The molecule has 1 atom stereocenters. The lowest BCUT2D eigenvalue weighted by molar-refractivity contribution is -0.133. The summed E-state index contributed by atoms with van der Waals surface area (Å²) in [6, 6.07) is 0. The Balaban J connectivity index is 2.33. The first kappa shape index (κ1) is 13.9. The summed E-state index contributed by atoms with van der Waals surface area (Å²) in [5.41, 5.74) is 5.39. The number of rotatable bonds is 6. The van der Waals surface area contributed by atoms with Crippen LogP contribution in [0.15, 0.2) is 0 Å². The molecule has 0 aromatic rings. The number of methoxy groups -OCH3 is 1. The van der Waals surface area contributed by atoms with Crippen molar-refractivity contribution in [2.75, 3.05) is 33.5 Å². The van der Waals surface area contributed by atoms with Gasteiger partial charge in [0.1, 0.15) is 5.60 Å². The smallest absolute Gasteiger partial charge is 0.104 e. The predicted octanol–water partition coefficient (Wildman–Crippen LogP) is 1.33. The van der Waals surface area contributed by atoms with Gasteiger partial charge in [0, 0.05) is 20.3 Å². The van der Waals surface area contributed by atoms with Crippen molar-refractivity contribution in [1.29, 1.82) is 0 Å². The number of hydrogen-bond donors (Lipinski definition) is 1. The molecular formula is C12H25NO3. The van der Waals surface area contributed by atoms with Crippen LogP contribution in [-0.4, -0.2) is 44.7 Å². The van der Waals surface area contributed by atoms with Crippen molar-refractivity contribution < 1.29 is 14.2 Å². The molecule has 1 aliphatic heterocycles. The molecule has 1 heterocycles. The molecule has 0 bridgehead atoms. The van der Waals surface area contributed by atoms with E-state index in [2.05, 4.69) is 13.8 Å². The maximum absolute atomic E-state index is 5.93. The minimum absolute atomic E-state index is 0.134. The SMILES string of the molecule is COC(C)(C)CCOC1(CN)CCCOC1. The maximum atomic E-state index is 5.93. The van der Waals surface area contributed by atoms with Crippen molar-refractivity contribution in [3.63, 3.8) is 0 Å². The van der Waals surface area contributed by atoms with Gasteiger partial charge in [-0.05, 0) is 33.1 Å². The van der Waals surface area contributed by atoms with Gasteiger partial charge in [-0.15, -0.1) is 0 Å². The summed E-state index contributed by atoms with van der Waals surface area (Å²) in [7, 11) is 1.72. The lowest BCUT2D eigenvalue weighted by Gasteiger charge is -2.36. The first-order valence-electron chi connectivity index (χ1n) is 6.00. The highest BCUT2D eigenvalue weighted by Gasteiger charge is 2.33. The zero-order valence-electron chi connectivity index (χ0n) is 10.8. The van der Waals surface area contributed by atoms with Gasteiger partial charge in [-0.25, -0.2) is 0 Å². The molecule has 0 saturated carbocycles. The van der Waals surface area contributed by atoms with Crippen molar-refractivity contribution in [3.8, 4) is 0 Å². The minimum atomic E-state index is -0.262. The van der Waals surface area contributed by atoms with Gasteiger partial charge in [0.25, 0.3) is 0 Å². The normalized spacial score (nSPS) is 27.0. The fourth-order valence-corrected chi connectivity index (χ4v) is 1.78. The van der Waals surface area contributed by atoms with Crippen molar-refractivity contribution in [1.82, 2.24) is 0 Å². The molecule has 1 saturated heterocycles. The van der Waals surface area contributed by atoms with Crippen LogP contribution in [0.2, 0.25) is 0 Å². The van der Waals surface area contributed by atoms with Crippen LogP contribution in [0, 0.1) is 0 Å². The Morgan fingerprint density at radius 2 is 2.19 bits per heavy atom. The molecule has 1 rings (SSSR count). The van der Waals surface area contributed by atoms with Crippen LogP contribution >= 0.6 is 0 Å². The first-order valence-corrected chi connectivity index (χ1v) is 6.00. The molecular weight excluding hydrogens is 206 g/mol. The summed E-state index contributed by atoms with van der Waals surface area (Å²) < 4.78 is 16.7. The Morgan fingerprint density at radius 1 is 1.44 bits per heavy atom. The quantitative estimate of drug-likeness (QED) is 0.749. The largest absolute Gasteiger partial charge is 0.379 e. The van der Waals surface area contributed by atoms with E-state index in [1.54, 1.807) is 7.11 Å². The Kier molecular flexibility index (Phi) is 5.18. The first-order chi connectivity index (χ1) is 7.54. The molecule has 4 heteroatoms. The standard InChI is InChI=1S/C12H25NO3/c1-11(2,14-3)6-8-16-12(9-13)5-4-7-15-10-12/h4-10,13H2,1-3H3. The molecule has 1 unspecified atom stereocenters. The van der Waals surface area contributed by atoms with Crippen molar-refractivity contribution >= 4 is 0 Å². The van der Waals surface area contributed by atoms with Crippen molar-refractivity contribution in [2.45, 2.75) is 44.3 Å². The summed E-state index contributed by atoms with van der Waals surface area (Å²) in [6.07, 6.45) is 2.90. The predicted molar refractivity (Wildman–Crippen MR) is 63.5 cm³/mol. The maximum Gasteiger partial charge on any atom is 0.104 e. The minimum Gasteiger partial charge on any atom is -0.379 e. The average Bonchev–Trinajstić information content (AvgIpc) is 2.30. The lowest BCUT2D eigenvalue weighted by atomic mass is 9.96. The highest BCUT2D eigenvalue weighted by Crippen LogP contribution is 2.24. The van der Waals surface area contributed by atoms with Gasteiger partial charge in [0.05, 0.1) is 18.8 Å². The fourth-order valence-electron chi connectivity index (χ4n) is 1.78. The van der Waals surface area contributed by atoms with Gasteiger partial charge in [0.2, 0.25) is 0 Å². The second-order valence-corrected chi connectivity index (χ2v) is 5.11. The Hall–Kier alpha value is -0.160. The molecule has 16 heavy (non-hydrogen) atoms. The molecule has 2 N–H and O–H groups in total. The van der Waals surface area contributed by atoms with Crippen LogP contribution in [0.1, 0.15) is 33.1 Å². The highest BCUT2D eigenvalue weighted by molar-refractivity contribution is 4.85. The summed E-state index contributed by atoms with van der Waals surface area (Å²) in [5, 5.41) is 0. The molecule has 1 aliphatic rings. The second-order valence-electron chi connectivity index (χ2n) is 5.11. The molecule has 0 amide bonds. The molecule has 0 aliphatic carbocycles. The second kappa shape index (κ2) is 5.96. The van der Waals surface area contributed by atoms with Crippen LogP contribution in [0.3, 0.4) is 0 Å². The third-order valence-corrected chi connectivity index (χ3v) is 3.32. The van der Waals surface area contributed by atoms with Gasteiger partial charge in [-0.3, -0.25) is 0 Å². The zero-order valence-corrected chi connectivity index (χ0v) is 10.8. The van der Waals surface area contributed by atoms with Crippen molar-refractivity contribution in [2.24, 2.45) is 5.73 Å². The van der Waals surface area contributed by atoms with E-state index in [1.165, 1.54) is 0 Å². The third kappa shape index (κ3) is 4.01. The number of ether oxygens (including phenoxy) is 3. The molecule has 96 valence electrons. The molecule has 4 nitrogen and oxygen atoms in total. The van der Waals surface area contributed by atoms with E-state index in [-0.39, 0.29) is 11.2 Å². The van der Waals surface area contributed by atoms with E-state index in [0.717, 1.165) is 25.9 Å². The van der Waals surface area contributed by atoms with E-state index in [0.29, 0.717) is 19.8 Å². The van der Waals surface area contributed by atoms with Gasteiger partial charge < -0.3 is 19.9 Å². The molecule has 0 radical (unpaired) electrons. The summed E-state index contributed by atoms with van der Waals surface area (Å²) in [6.45, 7) is 6.76. The summed E-state index contributed by atoms with van der Waals surface area (Å²) in [5.74, 6) is 0. The highest BCUT2D eigenvalue weighted by atomic mass is 16.5. The fraction of sp³-hybridized carbons (Fsp3) is 1.00. The average molecular weight is 231 g/mol. The van der Waals surface area contributed by atoms with Crippen LogP contribution in [0.25, 0.3) is 0 Å². The number of hydrogen-bond acceptors (Lipinski definition) is 4. The Labute approximate surface area is 98.4 Å². The van der Waals surface area contributed by atoms with E-state index in [1.807, 2.05) is 0 Å². The Bertz CT molecular complexity index is 200. The van der Waals surface area contributed by atoms with Crippen LogP contribution in [0.4, 0.5) is 0 Å². The molecule has 0 spiro atoms. The molecule has 0 aromatic carbocycles. The van der Waals surface area contributed by atoms with Gasteiger partial charge >= 0.3 is 0 Å². The topological polar surface area (TPSA) is 53.7 Å². The summed E-state index contributed by atoms with van der Waals surface area (Å²) in [4.78, 5) is 0. The van der Waals surface area contributed by atoms with Gasteiger partial charge in [0.15, 0.2) is 0 Å². The van der Waals surface area contributed by atoms with E-state index in [4.69, 9.17) is 19.9 Å². The zero-order chi connectivity index (χ0) is 12.1. The summed E-state index contributed by atoms with van der Waals surface area (Å²) >= 11 is 0. The lowest BCUT2D eigenvalue weighted by Crippen LogP contribution is -2.48. The monoisotopic (exact) mass is 231 g/mol.